The van der Waals surface area contributed by atoms with E-state index >= 15 is 0 Å². The summed E-state index contributed by atoms with van der Waals surface area (Å²) in [5.74, 6) is -1.99. The Kier molecular flexibility index (Phi) is 6.06. The zero-order valence-corrected chi connectivity index (χ0v) is 13.9. The number of carboxylic acids is 1. The van der Waals surface area contributed by atoms with E-state index in [0.29, 0.717) is 11.1 Å². The van der Waals surface area contributed by atoms with Crippen LogP contribution in [0.15, 0.2) is 48.5 Å². The number of carbonyl (C=O) groups excluding carboxylic acids is 2. The Morgan fingerprint density at radius 2 is 1.81 bits per heavy atom. The van der Waals surface area contributed by atoms with Crippen LogP contribution in [0.4, 0.5) is 0 Å². The molecule has 1 atom stereocenters. The lowest BCUT2D eigenvalue weighted by atomic mass is 10.0. The Labute approximate surface area is 149 Å². The summed E-state index contributed by atoms with van der Waals surface area (Å²) < 4.78 is 4.88. The minimum atomic E-state index is -1.21. The minimum absolute atomic E-state index is 0.0175. The van der Waals surface area contributed by atoms with Crippen LogP contribution < -0.4 is 10.1 Å². The van der Waals surface area contributed by atoms with E-state index in [9.17, 15) is 19.5 Å². The summed E-state index contributed by atoms with van der Waals surface area (Å²) in [6.45, 7) is 1.26. The summed E-state index contributed by atoms with van der Waals surface area (Å²) in [6.07, 6.45) is -0.0175. The number of aliphatic carboxylic acids is 1. The monoisotopic (exact) mass is 352 g/mol. The van der Waals surface area contributed by atoms with Gasteiger partial charge in [-0.15, -0.1) is 0 Å². The molecule has 0 saturated heterocycles. The van der Waals surface area contributed by atoms with Gasteiger partial charge in [0.25, 0.3) is 5.91 Å². The maximum Gasteiger partial charge on any atom is 0.326 e. The Hall–Kier alpha value is -3.66. The number of carboxylic acid groups (broad SMARTS) is 1. The number of esters is 1. The zero-order chi connectivity index (χ0) is 19.1. The van der Waals surface area contributed by atoms with Crippen molar-refractivity contribution in [2.45, 2.75) is 19.4 Å². The fraction of sp³-hybridized carbons (Fsp3) is 0.158. The molecule has 2 aromatic rings. The molecule has 0 unspecified atom stereocenters. The van der Waals surface area contributed by atoms with Crippen molar-refractivity contribution < 1.29 is 24.2 Å². The standard InChI is InChI=1S/C19H16N2O5/c1-12(22)26-16-8-6-13(7-9-16)18(23)21-17(19(24)25)10-14-4-2-3-5-15(14)11-20/h2-9,17H,10H2,1H3,(H,21,23)(H,24,25)/t17-/m1/s1. The molecular weight excluding hydrogens is 336 g/mol. The molecule has 0 heterocycles. The average molecular weight is 352 g/mol. The molecule has 0 aliphatic heterocycles. The van der Waals surface area contributed by atoms with Gasteiger partial charge in [-0.3, -0.25) is 9.59 Å². The highest BCUT2D eigenvalue weighted by Gasteiger charge is 2.22. The van der Waals surface area contributed by atoms with Crippen molar-refractivity contribution in [1.82, 2.24) is 5.32 Å². The van der Waals surface area contributed by atoms with Crippen LogP contribution in [0, 0.1) is 11.3 Å². The Morgan fingerprint density at radius 1 is 1.15 bits per heavy atom. The van der Waals surface area contributed by atoms with Crippen molar-refractivity contribution >= 4 is 17.8 Å². The number of carbonyl (C=O) groups is 3. The molecule has 0 bridgehead atoms. The summed E-state index contributed by atoms with van der Waals surface area (Å²) in [4.78, 5) is 34.7. The van der Waals surface area contributed by atoms with E-state index in [4.69, 9.17) is 10.00 Å². The lowest BCUT2D eigenvalue weighted by Crippen LogP contribution is -2.42. The number of rotatable bonds is 6. The third-order valence-electron chi connectivity index (χ3n) is 3.54. The molecule has 2 N–H and O–H groups in total. The van der Waals surface area contributed by atoms with Gasteiger partial charge in [0.15, 0.2) is 0 Å². The molecule has 2 rings (SSSR count). The minimum Gasteiger partial charge on any atom is -0.480 e. The number of hydrogen-bond donors (Lipinski definition) is 2. The highest BCUT2D eigenvalue weighted by molar-refractivity contribution is 5.96. The number of hydrogen-bond acceptors (Lipinski definition) is 5. The molecule has 0 radical (unpaired) electrons. The van der Waals surface area contributed by atoms with Crippen molar-refractivity contribution in [3.63, 3.8) is 0 Å². The Bertz CT molecular complexity index is 868. The fourth-order valence-electron chi connectivity index (χ4n) is 2.31. The molecule has 0 fully saturated rings. The summed E-state index contributed by atoms with van der Waals surface area (Å²) in [5.41, 5.74) is 1.12. The third kappa shape index (κ3) is 4.92. The lowest BCUT2D eigenvalue weighted by Gasteiger charge is -2.15. The number of nitrogens with zero attached hydrogens (tertiary/aromatic N) is 1. The van der Waals surface area contributed by atoms with Crippen LogP contribution in [-0.4, -0.2) is 29.0 Å². The average Bonchev–Trinajstić information content (AvgIpc) is 2.61. The molecule has 0 spiro atoms. The molecule has 0 aliphatic carbocycles. The van der Waals surface area contributed by atoms with E-state index in [-0.39, 0.29) is 17.7 Å². The van der Waals surface area contributed by atoms with Crippen molar-refractivity contribution in [2.24, 2.45) is 0 Å². The lowest BCUT2D eigenvalue weighted by molar-refractivity contribution is -0.139. The smallest absolute Gasteiger partial charge is 0.326 e. The second-order valence-corrected chi connectivity index (χ2v) is 5.46. The highest BCUT2D eigenvalue weighted by Crippen LogP contribution is 2.14. The van der Waals surface area contributed by atoms with Gasteiger partial charge in [-0.2, -0.15) is 5.26 Å². The quantitative estimate of drug-likeness (QED) is 0.606. The number of nitriles is 1. The second-order valence-electron chi connectivity index (χ2n) is 5.46. The maximum absolute atomic E-state index is 12.3. The molecule has 0 saturated carbocycles. The molecule has 7 nitrogen and oxygen atoms in total. The van der Waals surface area contributed by atoms with Gasteiger partial charge in [-0.25, -0.2) is 4.79 Å². The molecule has 7 heteroatoms. The van der Waals surface area contributed by atoms with Gasteiger partial charge in [0.05, 0.1) is 11.6 Å². The highest BCUT2D eigenvalue weighted by atomic mass is 16.5. The predicted octanol–water partition coefficient (Wildman–Crippen LogP) is 1.91. The fourth-order valence-corrected chi connectivity index (χ4v) is 2.31. The predicted molar refractivity (Wildman–Crippen MR) is 91.5 cm³/mol. The van der Waals surface area contributed by atoms with E-state index in [2.05, 4.69) is 5.32 Å². The van der Waals surface area contributed by atoms with E-state index in [1.54, 1.807) is 24.3 Å². The first-order valence-corrected chi connectivity index (χ1v) is 7.71. The van der Waals surface area contributed by atoms with Crippen molar-refractivity contribution in [3.8, 4) is 11.8 Å². The van der Waals surface area contributed by atoms with E-state index in [1.807, 2.05) is 6.07 Å². The molecule has 132 valence electrons. The van der Waals surface area contributed by atoms with Gasteiger partial charge in [-0.05, 0) is 35.9 Å². The largest absolute Gasteiger partial charge is 0.480 e. The van der Waals surface area contributed by atoms with Crippen molar-refractivity contribution in [3.05, 3.63) is 65.2 Å². The van der Waals surface area contributed by atoms with E-state index in [0.717, 1.165) is 0 Å². The summed E-state index contributed by atoms with van der Waals surface area (Å²) >= 11 is 0. The topological polar surface area (TPSA) is 116 Å². The summed E-state index contributed by atoms with van der Waals surface area (Å²) in [7, 11) is 0. The molecule has 0 aromatic heterocycles. The molecular formula is C19H16N2O5. The first kappa shape index (κ1) is 18.7. The van der Waals surface area contributed by atoms with Gasteiger partial charge < -0.3 is 15.2 Å². The number of amides is 1. The van der Waals surface area contributed by atoms with Crippen molar-refractivity contribution in [2.75, 3.05) is 0 Å². The number of benzene rings is 2. The molecule has 0 aliphatic rings. The first-order chi connectivity index (χ1) is 12.4. The number of nitrogens with one attached hydrogen (secondary N) is 1. The van der Waals surface area contributed by atoms with Crippen molar-refractivity contribution in [1.29, 1.82) is 5.26 Å². The van der Waals surface area contributed by atoms with Gasteiger partial charge in [0, 0.05) is 18.9 Å². The maximum atomic E-state index is 12.3. The van der Waals surface area contributed by atoms with Crippen LogP contribution in [0.5, 0.6) is 5.75 Å². The zero-order valence-electron chi connectivity index (χ0n) is 13.9. The van der Waals surface area contributed by atoms with Gasteiger partial charge in [0.1, 0.15) is 11.8 Å². The first-order valence-electron chi connectivity index (χ1n) is 7.71. The van der Waals surface area contributed by atoms with E-state index in [1.165, 1.54) is 31.2 Å². The Morgan fingerprint density at radius 3 is 2.38 bits per heavy atom. The summed E-state index contributed by atoms with van der Waals surface area (Å²) in [5, 5.41) is 20.9. The van der Waals surface area contributed by atoms with E-state index < -0.39 is 23.9 Å². The SMILES string of the molecule is CC(=O)Oc1ccc(C(=O)N[C@H](Cc2ccccc2C#N)C(=O)O)cc1. The van der Waals surface area contributed by atoms with Crippen LogP contribution in [0.1, 0.15) is 28.4 Å². The Balaban J connectivity index is 2.12. The second kappa shape index (κ2) is 8.44. The van der Waals surface area contributed by atoms with Crippen LogP contribution in [-0.2, 0) is 16.0 Å². The third-order valence-corrected chi connectivity index (χ3v) is 3.54. The van der Waals surface area contributed by atoms with Crippen LogP contribution >= 0.6 is 0 Å². The molecule has 26 heavy (non-hydrogen) atoms. The normalized spacial score (nSPS) is 11.1. The van der Waals surface area contributed by atoms with Gasteiger partial charge in [-0.1, -0.05) is 18.2 Å². The van der Waals surface area contributed by atoms with Gasteiger partial charge in [0.2, 0.25) is 0 Å². The van der Waals surface area contributed by atoms with Crippen LogP contribution in [0.2, 0.25) is 0 Å². The summed E-state index contributed by atoms with van der Waals surface area (Å²) in [6, 6.07) is 13.2. The molecule has 1 amide bonds. The van der Waals surface area contributed by atoms with Gasteiger partial charge >= 0.3 is 11.9 Å². The van der Waals surface area contributed by atoms with Crippen LogP contribution in [0.25, 0.3) is 0 Å². The molecule has 2 aromatic carbocycles. The van der Waals surface area contributed by atoms with Crippen LogP contribution in [0.3, 0.4) is 0 Å². The number of ether oxygens (including phenoxy) is 1.